The smallest absolute Gasteiger partial charge is 0.258 e. The maximum Gasteiger partial charge on any atom is 0.270 e. The lowest BCUT2D eigenvalue weighted by Crippen LogP contribution is -2.31. The molecule has 3 aromatic rings. The molecule has 2 heterocycles. The largest absolute Gasteiger partial charge is 0.270 e. The third kappa shape index (κ3) is 5.62. The Morgan fingerprint density at radius 3 is 2.61 bits per heavy atom. The molecule has 0 bridgehead atoms. The summed E-state index contributed by atoms with van der Waals surface area (Å²) < 4.78 is 27.8. The van der Waals surface area contributed by atoms with Gasteiger partial charge < -0.3 is 0 Å². The Morgan fingerprint density at radius 2 is 1.85 bits per heavy atom. The van der Waals surface area contributed by atoms with Crippen molar-refractivity contribution >= 4 is 38.4 Å². The number of benzene rings is 2. The Hall–Kier alpha value is -3.15. The van der Waals surface area contributed by atoms with E-state index < -0.39 is 14.9 Å². The van der Waals surface area contributed by atoms with Gasteiger partial charge in [-0.05, 0) is 25.0 Å². The minimum Gasteiger partial charge on any atom is -0.258 e. The summed E-state index contributed by atoms with van der Waals surface area (Å²) in [5, 5.41) is 17.3. The third-order valence-electron chi connectivity index (χ3n) is 5.29. The zero-order chi connectivity index (χ0) is 23.3. The SMILES string of the molecule is O=[N+]([O-])c1cccc(/C=N/Nc2nc(-c3cccc(S(=O)(=O)N4CCCCCC4)c3)cs2)c1. The molecule has 0 amide bonds. The van der Waals surface area contributed by atoms with Gasteiger partial charge in [0.1, 0.15) is 0 Å². The van der Waals surface area contributed by atoms with E-state index in [1.165, 1.54) is 29.7 Å². The van der Waals surface area contributed by atoms with Gasteiger partial charge >= 0.3 is 0 Å². The second-order valence-corrected chi connectivity index (χ2v) is 10.4. The zero-order valence-electron chi connectivity index (χ0n) is 17.8. The van der Waals surface area contributed by atoms with Gasteiger partial charge in [-0.1, -0.05) is 37.1 Å². The molecule has 0 atom stereocenters. The first-order chi connectivity index (χ1) is 15.9. The average molecular weight is 486 g/mol. The highest BCUT2D eigenvalue weighted by atomic mass is 32.2. The molecule has 1 fully saturated rings. The van der Waals surface area contributed by atoms with Crippen LogP contribution in [0.3, 0.4) is 0 Å². The molecular formula is C22H23N5O4S2. The Kier molecular flexibility index (Phi) is 7.11. The number of non-ortho nitro benzene ring substituents is 1. The lowest BCUT2D eigenvalue weighted by atomic mass is 10.2. The van der Waals surface area contributed by atoms with Gasteiger partial charge in [0.2, 0.25) is 15.2 Å². The molecule has 4 rings (SSSR count). The van der Waals surface area contributed by atoms with Gasteiger partial charge in [-0.3, -0.25) is 15.5 Å². The van der Waals surface area contributed by atoms with Crippen LogP contribution in [-0.4, -0.2) is 41.9 Å². The molecular weight excluding hydrogens is 462 g/mol. The minimum absolute atomic E-state index is 0.00880. The highest BCUT2D eigenvalue weighted by Crippen LogP contribution is 2.28. The highest BCUT2D eigenvalue weighted by Gasteiger charge is 2.25. The number of aromatic nitrogens is 1. The van der Waals surface area contributed by atoms with Gasteiger partial charge in [0.05, 0.1) is 21.7 Å². The predicted molar refractivity (Wildman–Crippen MR) is 129 cm³/mol. The highest BCUT2D eigenvalue weighted by molar-refractivity contribution is 7.89. The fourth-order valence-corrected chi connectivity index (χ4v) is 5.82. The zero-order valence-corrected chi connectivity index (χ0v) is 19.4. The van der Waals surface area contributed by atoms with Crippen LogP contribution in [0.15, 0.2) is 63.9 Å². The van der Waals surface area contributed by atoms with Crippen LogP contribution in [0.4, 0.5) is 10.8 Å². The lowest BCUT2D eigenvalue weighted by Gasteiger charge is -2.20. The van der Waals surface area contributed by atoms with Crippen LogP contribution in [-0.2, 0) is 10.0 Å². The van der Waals surface area contributed by atoms with Crippen LogP contribution < -0.4 is 5.43 Å². The average Bonchev–Trinajstić information content (AvgIpc) is 3.11. The van der Waals surface area contributed by atoms with E-state index in [0.29, 0.717) is 35.0 Å². The van der Waals surface area contributed by atoms with E-state index in [1.54, 1.807) is 34.6 Å². The van der Waals surface area contributed by atoms with Crippen LogP contribution in [0.2, 0.25) is 0 Å². The number of rotatable bonds is 7. The number of anilines is 1. The van der Waals surface area contributed by atoms with E-state index in [9.17, 15) is 18.5 Å². The van der Waals surface area contributed by atoms with Crippen molar-refractivity contribution in [3.8, 4) is 11.3 Å². The number of nitrogens with one attached hydrogen (secondary N) is 1. The van der Waals surface area contributed by atoms with Crippen molar-refractivity contribution in [1.29, 1.82) is 0 Å². The number of sulfonamides is 1. The molecule has 1 aromatic heterocycles. The van der Waals surface area contributed by atoms with Gasteiger partial charge in [-0.25, -0.2) is 13.4 Å². The van der Waals surface area contributed by atoms with Crippen LogP contribution in [0.5, 0.6) is 0 Å². The van der Waals surface area contributed by atoms with Crippen molar-refractivity contribution < 1.29 is 13.3 Å². The Morgan fingerprint density at radius 1 is 1.09 bits per heavy atom. The molecule has 0 spiro atoms. The first-order valence-corrected chi connectivity index (χ1v) is 12.8. The summed E-state index contributed by atoms with van der Waals surface area (Å²) in [4.78, 5) is 15.2. The second-order valence-electron chi connectivity index (χ2n) is 7.61. The molecule has 0 radical (unpaired) electrons. The first kappa shape index (κ1) is 23.0. The summed E-state index contributed by atoms with van der Waals surface area (Å²) in [6.07, 6.45) is 5.37. The summed E-state index contributed by atoms with van der Waals surface area (Å²) in [5.74, 6) is 0. The number of hydrogen-bond donors (Lipinski definition) is 1. The fraction of sp³-hybridized carbons (Fsp3) is 0.273. The van der Waals surface area contributed by atoms with E-state index in [4.69, 9.17) is 0 Å². The third-order valence-corrected chi connectivity index (χ3v) is 7.93. The van der Waals surface area contributed by atoms with E-state index in [2.05, 4.69) is 15.5 Å². The molecule has 9 nitrogen and oxygen atoms in total. The van der Waals surface area contributed by atoms with Crippen LogP contribution in [0.1, 0.15) is 31.2 Å². The summed E-state index contributed by atoms with van der Waals surface area (Å²) in [6.45, 7) is 1.11. The number of nitrogens with zero attached hydrogens (tertiary/aromatic N) is 4. The minimum atomic E-state index is -3.54. The Labute approximate surface area is 196 Å². The predicted octanol–water partition coefficient (Wildman–Crippen LogP) is 4.73. The maximum atomic E-state index is 13.1. The standard InChI is InChI=1S/C22H23N5O4S2/c28-27(29)19-9-5-7-17(13-19)15-23-25-22-24-21(16-32-22)18-8-6-10-20(14-18)33(30,31)26-11-3-1-2-4-12-26/h5-10,13-16H,1-4,11-12H2,(H,24,25)/b23-15+. The molecule has 0 saturated carbocycles. The Bertz CT molecular complexity index is 1270. The van der Waals surface area contributed by atoms with E-state index in [0.717, 1.165) is 25.7 Å². The van der Waals surface area contributed by atoms with Crippen molar-refractivity contribution in [2.45, 2.75) is 30.6 Å². The van der Waals surface area contributed by atoms with Gasteiger partial charge in [-0.15, -0.1) is 11.3 Å². The molecule has 1 N–H and O–H groups in total. The molecule has 0 unspecified atom stereocenters. The van der Waals surface area contributed by atoms with Crippen LogP contribution >= 0.6 is 11.3 Å². The summed E-state index contributed by atoms with van der Waals surface area (Å²) in [6, 6.07) is 13.0. The quantitative estimate of drug-likeness (QED) is 0.294. The number of hydrogen-bond acceptors (Lipinski definition) is 8. The number of hydrazone groups is 1. The van der Waals surface area contributed by atoms with Crippen LogP contribution in [0.25, 0.3) is 11.3 Å². The molecule has 1 aliphatic rings. The van der Waals surface area contributed by atoms with Crippen LogP contribution in [0, 0.1) is 10.1 Å². The molecule has 172 valence electrons. The molecule has 0 aliphatic carbocycles. The van der Waals surface area contributed by atoms with Gasteiger partial charge in [0, 0.05) is 41.7 Å². The van der Waals surface area contributed by atoms with Gasteiger partial charge in [0.25, 0.3) is 5.69 Å². The molecule has 1 aliphatic heterocycles. The van der Waals surface area contributed by atoms with Crippen molar-refractivity contribution in [2.75, 3.05) is 18.5 Å². The summed E-state index contributed by atoms with van der Waals surface area (Å²) in [5.41, 5.74) is 4.74. The number of thiazole rings is 1. The molecule has 11 heteroatoms. The van der Waals surface area contributed by atoms with E-state index in [1.807, 2.05) is 11.4 Å². The van der Waals surface area contributed by atoms with Gasteiger partial charge in [0.15, 0.2) is 0 Å². The van der Waals surface area contributed by atoms with Crippen molar-refractivity contribution in [1.82, 2.24) is 9.29 Å². The number of nitro groups is 1. The monoisotopic (exact) mass is 485 g/mol. The second kappa shape index (κ2) is 10.2. The summed E-state index contributed by atoms with van der Waals surface area (Å²) >= 11 is 1.33. The normalized spacial score (nSPS) is 15.4. The van der Waals surface area contributed by atoms with Gasteiger partial charge in [-0.2, -0.15) is 9.41 Å². The van der Waals surface area contributed by atoms with E-state index in [-0.39, 0.29) is 10.6 Å². The molecule has 1 saturated heterocycles. The molecule has 33 heavy (non-hydrogen) atoms. The molecule has 2 aromatic carbocycles. The topological polar surface area (TPSA) is 118 Å². The fourth-order valence-electron chi connectivity index (χ4n) is 3.59. The maximum absolute atomic E-state index is 13.1. The first-order valence-electron chi connectivity index (χ1n) is 10.5. The number of nitro benzene ring substituents is 1. The summed E-state index contributed by atoms with van der Waals surface area (Å²) in [7, 11) is -3.54. The van der Waals surface area contributed by atoms with Crippen molar-refractivity contribution in [2.24, 2.45) is 5.10 Å². The Balaban J connectivity index is 1.47. The lowest BCUT2D eigenvalue weighted by molar-refractivity contribution is -0.384. The van der Waals surface area contributed by atoms with E-state index >= 15 is 0 Å². The van der Waals surface area contributed by atoms with Crippen molar-refractivity contribution in [3.05, 3.63) is 69.6 Å². The van der Waals surface area contributed by atoms with Crippen molar-refractivity contribution in [3.63, 3.8) is 0 Å².